The molecule has 1 atom stereocenters. The lowest BCUT2D eigenvalue weighted by Crippen LogP contribution is -2.32. The first-order valence-corrected chi connectivity index (χ1v) is 8.89. The van der Waals surface area contributed by atoms with Crippen LogP contribution in [0.3, 0.4) is 0 Å². The Hall–Kier alpha value is -2.96. The van der Waals surface area contributed by atoms with E-state index in [0.717, 1.165) is 17.6 Å². The summed E-state index contributed by atoms with van der Waals surface area (Å²) in [6, 6.07) is 9.13. The maximum Gasteiger partial charge on any atom is 0.330 e. The maximum absolute atomic E-state index is 12.9. The van der Waals surface area contributed by atoms with Crippen LogP contribution in [-0.4, -0.2) is 43.0 Å². The highest BCUT2D eigenvalue weighted by Gasteiger charge is 2.31. The Morgan fingerprint density at radius 3 is 2.88 bits per heavy atom. The van der Waals surface area contributed by atoms with E-state index in [1.54, 1.807) is 26.3 Å². The van der Waals surface area contributed by atoms with Crippen molar-refractivity contribution in [3.63, 3.8) is 0 Å². The number of rotatable bonds is 3. The van der Waals surface area contributed by atoms with Crippen LogP contribution in [0.5, 0.6) is 0 Å². The molecule has 3 aromatic heterocycles. The van der Waals surface area contributed by atoms with E-state index in [2.05, 4.69) is 9.97 Å². The standard InChI is InChI=1S/C19H21N5O2/c1-3-23-16-8-5-10-20-17(16)24(19(23)26)14-9-11-22(12-14)18(25)15-7-4-6-13(2)21-15/h4-8,10,14H,3,9,11-12H2,1-2H3/t14-/m1/s1. The fourth-order valence-corrected chi connectivity index (χ4v) is 3.70. The van der Waals surface area contributed by atoms with Crippen LogP contribution in [0.15, 0.2) is 41.3 Å². The number of hydrogen-bond donors (Lipinski definition) is 0. The molecule has 134 valence electrons. The number of nitrogens with zero attached hydrogens (tertiary/aromatic N) is 5. The van der Waals surface area contributed by atoms with Gasteiger partial charge in [0.15, 0.2) is 5.65 Å². The van der Waals surface area contributed by atoms with Crippen molar-refractivity contribution in [1.29, 1.82) is 0 Å². The van der Waals surface area contributed by atoms with Crippen molar-refractivity contribution in [3.8, 4) is 0 Å². The number of fused-ring (bicyclic) bond motifs is 1. The second kappa shape index (κ2) is 6.40. The van der Waals surface area contributed by atoms with Crippen LogP contribution >= 0.6 is 0 Å². The van der Waals surface area contributed by atoms with Gasteiger partial charge in [-0.2, -0.15) is 0 Å². The average Bonchev–Trinajstić information content (AvgIpc) is 3.22. The fourth-order valence-electron chi connectivity index (χ4n) is 3.70. The zero-order valence-corrected chi connectivity index (χ0v) is 14.9. The smallest absolute Gasteiger partial charge is 0.330 e. The minimum absolute atomic E-state index is 0.0609. The van der Waals surface area contributed by atoms with E-state index >= 15 is 0 Å². The summed E-state index contributed by atoms with van der Waals surface area (Å²) < 4.78 is 3.48. The molecule has 7 nitrogen and oxygen atoms in total. The van der Waals surface area contributed by atoms with E-state index in [1.165, 1.54) is 0 Å². The quantitative estimate of drug-likeness (QED) is 0.723. The summed E-state index contributed by atoms with van der Waals surface area (Å²) in [5, 5.41) is 0. The third-order valence-corrected chi connectivity index (χ3v) is 4.96. The first kappa shape index (κ1) is 16.5. The van der Waals surface area contributed by atoms with E-state index in [1.807, 2.05) is 38.1 Å². The molecule has 7 heteroatoms. The Morgan fingerprint density at radius 2 is 2.12 bits per heavy atom. The van der Waals surface area contributed by atoms with Crippen molar-refractivity contribution in [2.24, 2.45) is 0 Å². The van der Waals surface area contributed by atoms with Gasteiger partial charge in [-0.1, -0.05) is 6.07 Å². The Balaban J connectivity index is 1.66. The number of carbonyl (C=O) groups excluding carboxylic acids is 1. The molecule has 1 saturated heterocycles. The molecular weight excluding hydrogens is 330 g/mol. The molecule has 4 rings (SSSR count). The zero-order chi connectivity index (χ0) is 18.3. The lowest BCUT2D eigenvalue weighted by molar-refractivity contribution is 0.0781. The van der Waals surface area contributed by atoms with Crippen molar-refractivity contribution in [1.82, 2.24) is 24.0 Å². The molecule has 0 aromatic carbocycles. The Labute approximate surface area is 150 Å². The van der Waals surface area contributed by atoms with Crippen molar-refractivity contribution in [3.05, 3.63) is 58.4 Å². The molecule has 26 heavy (non-hydrogen) atoms. The number of pyridine rings is 2. The van der Waals surface area contributed by atoms with Gasteiger partial charge in [0, 0.05) is 31.5 Å². The second-order valence-corrected chi connectivity index (χ2v) is 6.60. The molecule has 4 heterocycles. The highest BCUT2D eigenvalue weighted by molar-refractivity contribution is 5.92. The van der Waals surface area contributed by atoms with E-state index in [0.29, 0.717) is 31.0 Å². The normalized spacial score (nSPS) is 17.2. The largest absolute Gasteiger partial charge is 0.335 e. The molecule has 0 bridgehead atoms. The van der Waals surface area contributed by atoms with Gasteiger partial charge in [-0.15, -0.1) is 0 Å². The molecule has 1 amide bonds. The summed E-state index contributed by atoms with van der Waals surface area (Å²) in [6.07, 6.45) is 2.43. The number of aromatic nitrogens is 4. The highest BCUT2D eigenvalue weighted by atomic mass is 16.2. The molecule has 0 aliphatic carbocycles. The summed E-state index contributed by atoms with van der Waals surface area (Å²) in [5.41, 5.74) is 2.73. The van der Waals surface area contributed by atoms with Crippen LogP contribution in [0, 0.1) is 6.92 Å². The third kappa shape index (κ3) is 2.60. The van der Waals surface area contributed by atoms with Crippen LogP contribution in [0.2, 0.25) is 0 Å². The van der Waals surface area contributed by atoms with Gasteiger partial charge in [-0.25, -0.2) is 14.8 Å². The number of likely N-dealkylation sites (tertiary alicyclic amines) is 1. The van der Waals surface area contributed by atoms with Crippen molar-refractivity contribution in [2.45, 2.75) is 32.9 Å². The fraction of sp³-hybridized carbons (Fsp3) is 0.368. The predicted molar refractivity (Wildman–Crippen MR) is 98.2 cm³/mol. The van der Waals surface area contributed by atoms with Crippen LogP contribution in [0.4, 0.5) is 0 Å². The molecule has 1 aliphatic heterocycles. The van der Waals surface area contributed by atoms with Gasteiger partial charge in [0.2, 0.25) is 0 Å². The summed E-state index contributed by atoms with van der Waals surface area (Å²) in [5.74, 6) is -0.0866. The number of aryl methyl sites for hydroxylation is 2. The highest BCUT2D eigenvalue weighted by Crippen LogP contribution is 2.25. The summed E-state index contributed by atoms with van der Waals surface area (Å²) >= 11 is 0. The van der Waals surface area contributed by atoms with Gasteiger partial charge < -0.3 is 4.90 Å². The van der Waals surface area contributed by atoms with Crippen LogP contribution < -0.4 is 5.69 Å². The first-order valence-electron chi connectivity index (χ1n) is 8.89. The van der Waals surface area contributed by atoms with Crippen molar-refractivity contribution < 1.29 is 4.79 Å². The molecule has 1 fully saturated rings. The molecule has 0 N–H and O–H groups in total. The van der Waals surface area contributed by atoms with Crippen LogP contribution in [0.25, 0.3) is 11.2 Å². The molecular formula is C19H21N5O2. The number of imidazole rings is 1. The van der Waals surface area contributed by atoms with E-state index in [9.17, 15) is 9.59 Å². The molecule has 0 radical (unpaired) electrons. The third-order valence-electron chi connectivity index (χ3n) is 4.96. The maximum atomic E-state index is 12.9. The summed E-state index contributed by atoms with van der Waals surface area (Å²) in [7, 11) is 0. The SMILES string of the molecule is CCn1c(=O)n([C@@H]2CCN(C(=O)c3cccc(C)n3)C2)c2ncccc21. The van der Waals surface area contributed by atoms with Gasteiger partial charge in [-0.3, -0.25) is 13.9 Å². The summed E-state index contributed by atoms with van der Waals surface area (Å²) in [6.45, 7) is 5.52. The molecule has 0 unspecified atom stereocenters. The van der Waals surface area contributed by atoms with Gasteiger partial charge >= 0.3 is 5.69 Å². The number of amides is 1. The van der Waals surface area contributed by atoms with E-state index in [4.69, 9.17) is 0 Å². The number of carbonyl (C=O) groups is 1. The monoisotopic (exact) mass is 351 g/mol. The molecule has 3 aromatic rings. The lowest BCUT2D eigenvalue weighted by Gasteiger charge is -2.16. The second-order valence-electron chi connectivity index (χ2n) is 6.60. The molecule has 0 saturated carbocycles. The first-order chi connectivity index (χ1) is 12.6. The van der Waals surface area contributed by atoms with Gasteiger partial charge in [0.05, 0.1) is 11.6 Å². The predicted octanol–water partition coefficient (Wildman–Crippen LogP) is 2.01. The van der Waals surface area contributed by atoms with Crippen molar-refractivity contribution >= 4 is 17.1 Å². The number of hydrogen-bond acceptors (Lipinski definition) is 4. The minimum Gasteiger partial charge on any atom is -0.335 e. The van der Waals surface area contributed by atoms with E-state index in [-0.39, 0.29) is 17.6 Å². The Morgan fingerprint density at radius 1 is 1.27 bits per heavy atom. The Bertz CT molecular complexity index is 1040. The van der Waals surface area contributed by atoms with Crippen LogP contribution in [-0.2, 0) is 6.54 Å². The van der Waals surface area contributed by atoms with Crippen LogP contribution in [0.1, 0.15) is 35.6 Å². The topological polar surface area (TPSA) is 73.0 Å². The van der Waals surface area contributed by atoms with E-state index < -0.39 is 0 Å². The van der Waals surface area contributed by atoms with Gasteiger partial charge in [-0.05, 0) is 44.5 Å². The van der Waals surface area contributed by atoms with Crippen molar-refractivity contribution in [2.75, 3.05) is 13.1 Å². The molecule has 1 aliphatic rings. The minimum atomic E-state index is -0.0866. The average molecular weight is 351 g/mol. The van der Waals surface area contributed by atoms with Gasteiger partial charge in [0.1, 0.15) is 5.69 Å². The molecule has 0 spiro atoms. The lowest BCUT2D eigenvalue weighted by atomic mass is 10.2. The van der Waals surface area contributed by atoms with Gasteiger partial charge in [0.25, 0.3) is 5.91 Å². The Kier molecular flexibility index (Phi) is 4.06. The zero-order valence-electron chi connectivity index (χ0n) is 14.9. The summed E-state index contributed by atoms with van der Waals surface area (Å²) in [4.78, 5) is 36.1.